The van der Waals surface area contributed by atoms with Crippen LogP contribution in [0, 0.1) is 11.7 Å². The summed E-state index contributed by atoms with van der Waals surface area (Å²) in [6.45, 7) is 2.28. The molecule has 0 unspecified atom stereocenters. The summed E-state index contributed by atoms with van der Waals surface area (Å²) in [6, 6.07) is 5.37. The number of amides is 1. The Bertz CT molecular complexity index is 648. The van der Waals surface area contributed by atoms with Gasteiger partial charge in [0.25, 0.3) is 5.91 Å². The van der Waals surface area contributed by atoms with E-state index in [2.05, 4.69) is 0 Å². The first-order valence-corrected chi connectivity index (χ1v) is 10.5. The Balaban J connectivity index is 1.87. The first-order valence-electron chi connectivity index (χ1n) is 9.49. The van der Waals surface area contributed by atoms with E-state index < -0.39 is 17.8 Å². The summed E-state index contributed by atoms with van der Waals surface area (Å²) in [4.78, 5) is 27.3. The van der Waals surface area contributed by atoms with Crippen LogP contribution in [0.5, 0.6) is 0 Å². The predicted molar refractivity (Wildman–Crippen MR) is 100 cm³/mol. The number of carbonyl (C=O) groups is 2. The normalized spacial score (nSPS) is 23.8. The number of rotatable bonds is 5. The van der Waals surface area contributed by atoms with Crippen LogP contribution >= 0.6 is 11.8 Å². The maximum absolute atomic E-state index is 14.2. The first-order chi connectivity index (χ1) is 12.6. The number of thioether (sulfide) groups is 1. The van der Waals surface area contributed by atoms with Crippen LogP contribution in [0.2, 0.25) is 0 Å². The van der Waals surface area contributed by atoms with Gasteiger partial charge in [0, 0.05) is 5.75 Å². The molecule has 0 bridgehead atoms. The van der Waals surface area contributed by atoms with Gasteiger partial charge in [-0.3, -0.25) is 4.79 Å². The van der Waals surface area contributed by atoms with Gasteiger partial charge in [0.1, 0.15) is 11.9 Å². The van der Waals surface area contributed by atoms with Gasteiger partial charge < -0.3 is 9.64 Å². The largest absolute Gasteiger partial charge is 0.464 e. The highest BCUT2D eigenvalue weighted by Crippen LogP contribution is 2.41. The third kappa shape index (κ3) is 4.05. The molecular formula is C20H26FNO3S. The second kappa shape index (κ2) is 8.89. The molecule has 4 nitrogen and oxygen atoms in total. The van der Waals surface area contributed by atoms with Gasteiger partial charge in [-0.25, -0.2) is 9.18 Å². The Labute approximate surface area is 158 Å². The highest BCUT2D eigenvalue weighted by molar-refractivity contribution is 8.00. The molecule has 0 radical (unpaired) electrons. The van der Waals surface area contributed by atoms with Gasteiger partial charge >= 0.3 is 5.97 Å². The van der Waals surface area contributed by atoms with Crippen molar-refractivity contribution in [3.8, 4) is 0 Å². The van der Waals surface area contributed by atoms with Crippen LogP contribution in [0.1, 0.15) is 55.8 Å². The minimum absolute atomic E-state index is 0.0316. The van der Waals surface area contributed by atoms with Gasteiger partial charge in [-0.15, -0.1) is 11.8 Å². The lowest BCUT2D eigenvalue weighted by Gasteiger charge is -2.35. The van der Waals surface area contributed by atoms with Gasteiger partial charge in [0.05, 0.1) is 17.5 Å². The summed E-state index contributed by atoms with van der Waals surface area (Å²) in [6.07, 6.45) is 6.35. The lowest BCUT2D eigenvalue weighted by Crippen LogP contribution is -2.49. The fourth-order valence-electron chi connectivity index (χ4n) is 3.82. The van der Waals surface area contributed by atoms with E-state index in [0.29, 0.717) is 18.3 Å². The molecule has 2 atom stereocenters. The maximum Gasteiger partial charge on any atom is 0.329 e. The molecule has 2 aliphatic rings. The summed E-state index contributed by atoms with van der Waals surface area (Å²) < 4.78 is 19.5. The quantitative estimate of drug-likeness (QED) is 0.718. The molecule has 1 aromatic rings. The summed E-state index contributed by atoms with van der Waals surface area (Å²) >= 11 is 1.64. The van der Waals surface area contributed by atoms with Gasteiger partial charge in [0.15, 0.2) is 0 Å². The molecule has 1 saturated carbocycles. The standard InChI is InChI=1S/C20H26FNO3S/c1-2-12-25-20(24)17-13-26-19(14-8-4-3-5-9-14)22(17)18(23)15-10-6-7-11-16(15)21/h6-7,10-11,14,17,19H,2-5,8-9,12-13H2,1H3/t17-,19+/m0/s1. The van der Waals surface area contributed by atoms with Gasteiger partial charge in [-0.1, -0.05) is 38.3 Å². The lowest BCUT2D eigenvalue weighted by atomic mass is 9.88. The van der Waals surface area contributed by atoms with Crippen molar-refractivity contribution < 1.29 is 18.7 Å². The molecule has 142 valence electrons. The highest BCUT2D eigenvalue weighted by Gasteiger charge is 2.46. The Morgan fingerprint density at radius 2 is 1.96 bits per heavy atom. The maximum atomic E-state index is 14.2. The van der Waals surface area contributed by atoms with Crippen LogP contribution < -0.4 is 0 Å². The van der Waals surface area contributed by atoms with Crippen molar-refractivity contribution >= 4 is 23.6 Å². The Kier molecular flexibility index (Phi) is 6.57. The van der Waals surface area contributed by atoms with Crippen molar-refractivity contribution in [1.82, 2.24) is 4.90 Å². The second-order valence-electron chi connectivity index (χ2n) is 7.00. The smallest absolute Gasteiger partial charge is 0.329 e. The topological polar surface area (TPSA) is 46.6 Å². The van der Waals surface area contributed by atoms with Crippen LogP contribution in [0.15, 0.2) is 24.3 Å². The number of carbonyl (C=O) groups excluding carboxylic acids is 2. The first kappa shape index (κ1) is 19.2. The van der Waals surface area contributed by atoms with Crippen molar-refractivity contribution in [3.05, 3.63) is 35.6 Å². The molecule has 6 heteroatoms. The predicted octanol–water partition coefficient (Wildman–Crippen LogP) is 4.24. The number of ether oxygens (including phenoxy) is 1. The minimum atomic E-state index is -0.634. The van der Waals surface area contributed by atoms with E-state index in [1.807, 2.05) is 6.92 Å². The van der Waals surface area contributed by atoms with Gasteiger partial charge in [-0.05, 0) is 37.3 Å². The van der Waals surface area contributed by atoms with Crippen LogP contribution in [0.3, 0.4) is 0 Å². The zero-order valence-electron chi connectivity index (χ0n) is 15.2. The lowest BCUT2D eigenvalue weighted by molar-refractivity contribution is -0.148. The van der Waals surface area contributed by atoms with E-state index in [9.17, 15) is 14.0 Å². The second-order valence-corrected chi connectivity index (χ2v) is 8.15. The van der Waals surface area contributed by atoms with E-state index in [1.165, 1.54) is 18.6 Å². The Morgan fingerprint density at radius 3 is 2.65 bits per heavy atom. The summed E-state index contributed by atoms with van der Waals surface area (Å²) in [5, 5.41) is -0.0819. The summed E-state index contributed by atoms with van der Waals surface area (Å²) in [5.41, 5.74) is 0.0316. The molecule has 2 fully saturated rings. The van der Waals surface area contributed by atoms with Crippen molar-refractivity contribution in [1.29, 1.82) is 0 Å². The molecule has 1 amide bonds. The molecular weight excluding hydrogens is 353 g/mol. The number of nitrogens with zero attached hydrogens (tertiary/aromatic N) is 1. The van der Waals surface area contributed by atoms with Crippen molar-refractivity contribution in [2.45, 2.75) is 56.9 Å². The number of hydrogen-bond acceptors (Lipinski definition) is 4. The zero-order valence-corrected chi connectivity index (χ0v) is 16.0. The summed E-state index contributed by atoms with van der Waals surface area (Å²) in [5.74, 6) is -0.445. The van der Waals surface area contributed by atoms with E-state index in [0.717, 1.165) is 32.1 Å². The Morgan fingerprint density at radius 1 is 1.23 bits per heavy atom. The van der Waals surface area contributed by atoms with Crippen LogP contribution in [0.25, 0.3) is 0 Å². The third-order valence-electron chi connectivity index (χ3n) is 5.15. The number of halogens is 1. The molecule has 26 heavy (non-hydrogen) atoms. The average molecular weight is 379 g/mol. The molecule has 3 rings (SSSR count). The molecule has 1 saturated heterocycles. The average Bonchev–Trinajstić information content (AvgIpc) is 3.12. The molecule has 0 spiro atoms. The molecule has 1 aromatic carbocycles. The van der Waals surface area contributed by atoms with Crippen LogP contribution in [0.4, 0.5) is 4.39 Å². The monoisotopic (exact) mass is 379 g/mol. The number of benzene rings is 1. The minimum Gasteiger partial charge on any atom is -0.464 e. The van der Waals surface area contributed by atoms with E-state index in [1.54, 1.807) is 28.8 Å². The number of hydrogen-bond donors (Lipinski definition) is 0. The van der Waals surface area contributed by atoms with Gasteiger partial charge in [-0.2, -0.15) is 0 Å². The fraction of sp³-hybridized carbons (Fsp3) is 0.600. The Hall–Kier alpha value is -1.56. The molecule has 1 aliphatic heterocycles. The molecule has 0 N–H and O–H groups in total. The summed E-state index contributed by atoms with van der Waals surface area (Å²) in [7, 11) is 0. The van der Waals surface area contributed by atoms with Crippen LogP contribution in [-0.4, -0.2) is 40.6 Å². The molecule has 1 aliphatic carbocycles. The van der Waals surface area contributed by atoms with Crippen molar-refractivity contribution in [2.24, 2.45) is 5.92 Å². The third-order valence-corrected chi connectivity index (χ3v) is 6.61. The van der Waals surface area contributed by atoms with E-state index in [4.69, 9.17) is 4.74 Å². The van der Waals surface area contributed by atoms with E-state index in [-0.39, 0.29) is 16.9 Å². The number of esters is 1. The fourth-order valence-corrected chi connectivity index (χ4v) is 5.45. The zero-order chi connectivity index (χ0) is 18.5. The highest BCUT2D eigenvalue weighted by atomic mass is 32.2. The SMILES string of the molecule is CCCOC(=O)[C@@H]1CS[C@H](C2CCCCC2)N1C(=O)c1ccccc1F. The molecule has 0 aromatic heterocycles. The molecule has 1 heterocycles. The van der Waals surface area contributed by atoms with E-state index >= 15 is 0 Å². The van der Waals surface area contributed by atoms with Crippen molar-refractivity contribution in [3.63, 3.8) is 0 Å². The van der Waals surface area contributed by atoms with Crippen LogP contribution in [-0.2, 0) is 9.53 Å². The van der Waals surface area contributed by atoms with Crippen molar-refractivity contribution in [2.75, 3.05) is 12.4 Å². The van der Waals surface area contributed by atoms with Gasteiger partial charge in [0.2, 0.25) is 0 Å².